The van der Waals surface area contributed by atoms with Gasteiger partial charge in [0.05, 0.1) is 6.10 Å². The Morgan fingerprint density at radius 3 is 2.88 bits per heavy atom. The summed E-state index contributed by atoms with van der Waals surface area (Å²) in [6.07, 6.45) is 1.76. The van der Waals surface area contributed by atoms with Crippen molar-refractivity contribution in [2.75, 3.05) is 24.6 Å². The second-order valence-electron chi connectivity index (χ2n) is 3.84. The van der Waals surface area contributed by atoms with Gasteiger partial charge in [-0.2, -0.15) is 0 Å². The van der Waals surface area contributed by atoms with Gasteiger partial charge in [0.25, 0.3) is 0 Å². The van der Waals surface area contributed by atoms with Gasteiger partial charge in [-0.3, -0.25) is 0 Å². The number of halogens is 1. The normalized spacial score (nSPS) is 17.4. The minimum absolute atomic E-state index is 0.0609. The van der Waals surface area contributed by atoms with Crippen molar-refractivity contribution in [3.8, 4) is 0 Å². The zero-order valence-electron chi connectivity index (χ0n) is 9.13. The van der Waals surface area contributed by atoms with E-state index in [-0.39, 0.29) is 12.7 Å². The number of carbonyl (C=O) groups is 1. The summed E-state index contributed by atoms with van der Waals surface area (Å²) in [7, 11) is 0. The zero-order valence-corrected chi connectivity index (χ0v) is 11.5. The number of carboxylic acids is 1. The SMILES string of the molecule is O=C(O)COC1CCN(c2nc(Br)cs2)CC1. The molecule has 7 heteroatoms. The summed E-state index contributed by atoms with van der Waals surface area (Å²) in [5, 5.41) is 11.5. The number of hydrogen-bond acceptors (Lipinski definition) is 5. The molecular formula is C10H13BrN2O3S. The summed E-state index contributed by atoms with van der Waals surface area (Å²) < 4.78 is 6.14. The van der Waals surface area contributed by atoms with Crippen molar-refractivity contribution in [2.45, 2.75) is 18.9 Å². The molecule has 1 N–H and O–H groups in total. The van der Waals surface area contributed by atoms with E-state index in [9.17, 15) is 4.79 Å². The van der Waals surface area contributed by atoms with Crippen LogP contribution in [0, 0.1) is 0 Å². The van der Waals surface area contributed by atoms with E-state index in [0.717, 1.165) is 35.7 Å². The lowest BCUT2D eigenvalue weighted by molar-refractivity contribution is -0.144. The highest BCUT2D eigenvalue weighted by Crippen LogP contribution is 2.26. The topological polar surface area (TPSA) is 62.7 Å². The summed E-state index contributed by atoms with van der Waals surface area (Å²) >= 11 is 4.94. The maximum atomic E-state index is 10.4. The number of nitrogens with zero attached hydrogens (tertiary/aromatic N) is 2. The summed E-state index contributed by atoms with van der Waals surface area (Å²) in [5.74, 6) is -0.906. The maximum absolute atomic E-state index is 10.4. The van der Waals surface area contributed by atoms with Crippen LogP contribution in [0.25, 0.3) is 0 Å². The quantitative estimate of drug-likeness (QED) is 0.919. The Balaban J connectivity index is 1.80. The molecule has 1 aromatic heterocycles. The first-order valence-electron chi connectivity index (χ1n) is 5.34. The van der Waals surface area contributed by atoms with Gasteiger partial charge in [0.1, 0.15) is 11.2 Å². The second-order valence-corrected chi connectivity index (χ2v) is 5.49. The lowest BCUT2D eigenvalue weighted by Gasteiger charge is -2.31. The van der Waals surface area contributed by atoms with Gasteiger partial charge in [0.2, 0.25) is 0 Å². The highest BCUT2D eigenvalue weighted by Gasteiger charge is 2.22. The molecule has 0 aromatic carbocycles. The van der Waals surface area contributed by atoms with Crippen molar-refractivity contribution < 1.29 is 14.6 Å². The number of piperidine rings is 1. The number of aromatic nitrogens is 1. The monoisotopic (exact) mass is 320 g/mol. The number of hydrogen-bond donors (Lipinski definition) is 1. The lowest BCUT2D eigenvalue weighted by Crippen LogP contribution is -2.37. The van der Waals surface area contributed by atoms with E-state index in [1.54, 1.807) is 11.3 Å². The number of anilines is 1. The van der Waals surface area contributed by atoms with E-state index < -0.39 is 5.97 Å². The molecule has 0 spiro atoms. The van der Waals surface area contributed by atoms with Gasteiger partial charge >= 0.3 is 5.97 Å². The molecule has 2 rings (SSSR count). The van der Waals surface area contributed by atoms with Crippen molar-refractivity contribution in [3.63, 3.8) is 0 Å². The van der Waals surface area contributed by atoms with Crippen LogP contribution in [0.4, 0.5) is 5.13 Å². The van der Waals surface area contributed by atoms with Gasteiger partial charge in [-0.25, -0.2) is 9.78 Å². The van der Waals surface area contributed by atoms with Crippen molar-refractivity contribution in [1.82, 2.24) is 4.98 Å². The molecule has 0 unspecified atom stereocenters. The van der Waals surface area contributed by atoms with Crippen LogP contribution in [0.5, 0.6) is 0 Å². The standard InChI is InChI=1S/C10H13BrN2O3S/c11-8-6-17-10(12-8)13-3-1-7(2-4-13)16-5-9(14)15/h6-7H,1-5H2,(H,14,15). The average molecular weight is 321 g/mol. The molecule has 0 atom stereocenters. The summed E-state index contributed by atoms with van der Waals surface area (Å²) in [4.78, 5) is 16.9. The fourth-order valence-electron chi connectivity index (χ4n) is 1.79. The molecule has 0 aliphatic carbocycles. The molecule has 1 aliphatic rings. The third-order valence-corrected chi connectivity index (χ3v) is 4.23. The number of thiazole rings is 1. The Hall–Kier alpha value is -0.660. The van der Waals surface area contributed by atoms with Gasteiger partial charge in [-0.05, 0) is 28.8 Å². The first kappa shape index (κ1) is 12.8. The molecule has 0 bridgehead atoms. The van der Waals surface area contributed by atoms with Crippen molar-refractivity contribution >= 4 is 38.4 Å². The van der Waals surface area contributed by atoms with E-state index in [2.05, 4.69) is 25.8 Å². The molecule has 17 heavy (non-hydrogen) atoms. The number of ether oxygens (including phenoxy) is 1. The highest BCUT2D eigenvalue weighted by molar-refractivity contribution is 9.10. The molecule has 1 fully saturated rings. The van der Waals surface area contributed by atoms with Crippen LogP contribution in [0.3, 0.4) is 0 Å². The lowest BCUT2D eigenvalue weighted by atomic mass is 10.1. The van der Waals surface area contributed by atoms with E-state index >= 15 is 0 Å². The largest absolute Gasteiger partial charge is 0.480 e. The molecule has 0 radical (unpaired) electrons. The number of rotatable bonds is 4. The third kappa shape index (κ3) is 3.65. The van der Waals surface area contributed by atoms with Crippen molar-refractivity contribution in [1.29, 1.82) is 0 Å². The molecule has 5 nitrogen and oxygen atoms in total. The van der Waals surface area contributed by atoms with E-state index in [1.165, 1.54) is 0 Å². The average Bonchev–Trinajstić information content (AvgIpc) is 2.74. The molecule has 2 heterocycles. The Labute approximate surface area is 112 Å². The maximum Gasteiger partial charge on any atom is 0.329 e. The van der Waals surface area contributed by atoms with Gasteiger partial charge < -0.3 is 14.7 Å². The van der Waals surface area contributed by atoms with E-state index in [1.807, 2.05) is 5.38 Å². The predicted octanol–water partition coefficient (Wildman–Crippen LogP) is 1.98. The zero-order chi connectivity index (χ0) is 12.3. The fourth-order valence-corrected chi connectivity index (χ4v) is 3.10. The molecule has 1 aliphatic heterocycles. The molecule has 94 valence electrons. The Kier molecular flexibility index (Phi) is 4.36. The second kappa shape index (κ2) is 5.79. The summed E-state index contributed by atoms with van der Waals surface area (Å²) in [5.41, 5.74) is 0. The fraction of sp³-hybridized carbons (Fsp3) is 0.600. The molecule has 0 amide bonds. The highest BCUT2D eigenvalue weighted by atomic mass is 79.9. The molecular weight excluding hydrogens is 308 g/mol. The van der Waals surface area contributed by atoms with Crippen LogP contribution in [-0.2, 0) is 9.53 Å². The van der Waals surface area contributed by atoms with Crippen molar-refractivity contribution in [2.24, 2.45) is 0 Å². The first-order chi connectivity index (χ1) is 8.15. The van der Waals surface area contributed by atoms with Gasteiger partial charge in [-0.15, -0.1) is 11.3 Å². The Morgan fingerprint density at radius 1 is 1.65 bits per heavy atom. The third-order valence-electron chi connectivity index (χ3n) is 2.62. The molecule has 0 saturated carbocycles. The first-order valence-corrected chi connectivity index (χ1v) is 7.02. The van der Waals surface area contributed by atoms with Crippen LogP contribution in [-0.4, -0.2) is 41.9 Å². The molecule has 1 aromatic rings. The van der Waals surface area contributed by atoms with E-state index in [0.29, 0.717) is 0 Å². The van der Waals surface area contributed by atoms with Gasteiger partial charge in [0, 0.05) is 18.5 Å². The van der Waals surface area contributed by atoms with Crippen LogP contribution in [0.1, 0.15) is 12.8 Å². The van der Waals surface area contributed by atoms with Crippen LogP contribution < -0.4 is 4.90 Å². The van der Waals surface area contributed by atoms with Crippen molar-refractivity contribution in [3.05, 3.63) is 9.98 Å². The van der Waals surface area contributed by atoms with Crippen LogP contribution >= 0.6 is 27.3 Å². The van der Waals surface area contributed by atoms with Crippen LogP contribution in [0.15, 0.2) is 9.98 Å². The van der Waals surface area contributed by atoms with Crippen LogP contribution in [0.2, 0.25) is 0 Å². The minimum atomic E-state index is -0.906. The Morgan fingerprint density at radius 2 is 2.35 bits per heavy atom. The number of carboxylic acid groups (broad SMARTS) is 1. The van der Waals surface area contributed by atoms with Gasteiger partial charge in [-0.1, -0.05) is 0 Å². The minimum Gasteiger partial charge on any atom is -0.480 e. The van der Waals surface area contributed by atoms with E-state index in [4.69, 9.17) is 9.84 Å². The smallest absolute Gasteiger partial charge is 0.329 e. The Bertz CT molecular complexity index is 391. The number of aliphatic carboxylic acids is 1. The summed E-state index contributed by atoms with van der Waals surface area (Å²) in [6, 6.07) is 0. The predicted molar refractivity (Wildman–Crippen MR) is 68.6 cm³/mol. The molecule has 1 saturated heterocycles. The summed E-state index contributed by atoms with van der Waals surface area (Å²) in [6.45, 7) is 1.53. The van der Waals surface area contributed by atoms with Gasteiger partial charge in [0.15, 0.2) is 5.13 Å².